The second-order valence-corrected chi connectivity index (χ2v) is 6.01. The molecule has 5 heteroatoms. The van der Waals surface area contributed by atoms with Gasteiger partial charge in [0.1, 0.15) is 0 Å². The molecule has 0 spiro atoms. The lowest BCUT2D eigenvalue weighted by molar-refractivity contribution is 0.104. The minimum absolute atomic E-state index is 0.00116. The summed E-state index contributed by atoms with van der Waals surface area (Å²) in [5.74, 6) is 0. The summed E-state index contributed by atoms with van der Waals surface area (Å²) in [7, 11) is -3.08. The van der Waals surface area contributed by atoms with Crippen LogP contribution in [0.3, 0.4) is 0 Å². The Kier molecular flexibility index (Phi) is 3.92. The van der Waals surface area contributed by atoms with Gasteiger partial charge < -0.3 is 0 Å². The zero-order valence-electron chi connectivity index (χ0n) is 9.16. The first-order chi connectivity index (χ1) is 6.40. The van der Waals surface area contributed by atoms with Crippen molar-refractivity contribution in [1.29, 1.82) is 0 Å². The largest absolute Gasteiger partial charge is 0.285 e. The molecule has 84 valence electrons. The Labute approximate surface area is 86.7 Å². The molecule has 1 saturated heterocycles. The number of nitrogens with one attached hydrogen (secondary N) is 1. The molecular weight excluding hydrogens is 200 g/mol. The molecule has 0 bridgehead atoms. The SMILES string of the molecule is CC(C)N1CCCCC1NS(C)(=O)=O. The highest BCUT2D eigenvalue weighted by atomic mass is 32.2. The lowest BCUT2D eigenvalue weighted by atomic mass is 10.1. The molecule has 1 heterocycles. The molecule has 0 saturated carbocycles. The van der Waals surface area contributed by atoms with Crippen LogP contribution in [0.25, 0.3) is 0 Å². The van der Waals surface area contributed by atoms with Crippen LogP contribution in [-0.2, 0) is 10.0 Å². The van der Waals surface area contributed by atoms with E-state index in [1.165, 1.54) is 12.7 Å². The van der Waals surface area contributed by atoms with E-state index in [0.717, 1.165) is 19.4 Å². The van der Waals surface area contributed by atoms with Crippen molar-refractivity contribution < 1.29 is 8.42 Å². The van der Waals surface area contributed by atoms with E-state index in [1.807, 2.05) is 0 Å². The lowest BCUT2D eigenvalue weighted by Gasteiger charge is -2.38. The molecule has 1 fully saturated rings. The first-order valence-electron chi connectivity index (χ1n) is 5.13. The van der Waals surface area contributed by atoms with Gasteiger partial charge in [-0.3, -0.25) is 4.90 Å². The van der Waals surface area contributed by atoms with E-state index in [1.54, 1.807) is 0 Å². The van der Waals surface area contributed by atoms with Crippen LogP contribution in [0, 0.1) is 0 Å². The number of rotatable bonds is 3. The molecule has 4 nitrogen and oxygen atoms in total. The van der Waals surface area contributed by atoms with Crippen molar-refractivity contribution in [2.75, 3.05) is 12.8 Å². The topological polar surface area (TPSA) is 49.4 Å². The summed E-state index contributed by atoms with van der Waals surface area (Å²) in [6, 6.07) is 0.398. The molecule has 1 aliphatic heterocycles. The molecule has 0 aliphatic carbocycles. The Morgan fingerprint density at radius 2 is 2.00 bits per heavy atom. The van der Waals surface area contributed by atoms with Crippen molar-refractivity contribution in [2.45, 2.75) is 45.3 Å². The summed E-state index contributed by atoms with van der Waals surface area (Å²) < 4.78 is 24.9. The van der Waals surface area contributed by atoms with Gasteiger partial charge in [0.25, 0.3) is 0 Å². The molecule has 1 atom stereocenters. The van der Waals surface area contributed by atoms with Crippen LogP contribution in [0.2, 0.25) is 0 Å². The number of hydrogen-bond donors (Lipinski definition) is 1. The summed E-state index contributed by atoms with van der Waals surface area (Å²) in [5, 5.41) is 0. The van der Waals surface area contributed by atoms with Crippen LogP contribution in [0.5, 0.6) is 0 Å². The van der Waals surface area contributed by atoms with Gasteiger partial charge in [-0.25, -0.2) is 8.42 Å². The summed E-state index contributed by atoms with van der Waals surface area (Å²) in [6.45, 7) is 5.19. The summed E-state index contributed by atoms with van der Waals surface area (Å²) in [5.41, 5.74) is 0. The zero-order valence-corrected chi connectivity index (χ0v) is 9.97. The van der Waals surface area contributed by atoms with Crippen LogP contribution in [0.15, 0.2) is 0 Å². The number of sulfonamides is 1. The van der Waals surface area contributed by atoms with Crippen molar-refractivity contribution in [3.05, 3.63) is 0 Å². The Bertz CT molecular complexity index is 275. The fraction of sp³-hybridized carbons (Fsp3) is 1.00. The van der Waals surface area contributed by atoms with Crippen molar-refractivity contribution in [3.63, 3.8) is 0 Å². The number of likely N-dealkylation sites (tertiary alicyclic amines) is 1. The van der Waals surface area contributed by atoms with E-state index in [4.69, 9.17) is 0 Å². The first kappa shape index (κ1) is 11.9. The van der Waals surface area contributed by atoms with Crippen LogP contribution in [0.4, 0.5) is 0 Å². The zero-order chi connectivity index (χ0) is 10.8. The van der Waals surface area contributed by atoms with Crippen molar-refractivity contribution in [1.82, 2.24) is 9.62 Å². The quantitative estimate of drug-likeness (QED) is 0.764. The maximum Gasteiger partial charge on any atom is 0.210 e. The predicted octanol–water partition coefficient (Wildman–Crippen LogP) is 0.756. The molecule has 0 aromatic carbocycles. The number of piperidine rings is 1. The molecule has 0 aromatic heterocycles. The predicted molar refractivity (Wildman–Crippen MR) is 57.5 cm³/mol. The van der Waals surface area contributed by atoms with Gasteiger partial charge in [0.05, 0.1) is 12.4 Å². The number of nitrogens with zero attached hydrogens (tertiary/aromatic N) is 1. The summed E-state index contributed by atoms with van der Waals surface area (Å²) >= 11 is 0. The molecule has 1 rings (SSSR count). The van der Waals surface area contributed by atoms with Crippen molar-refractivity contribution >= 4 is 10.0 Å². The van der Waals surface area contributed by atoms with Gasteiger partial charge in [-0.2, -0.15) is 4.72 Å². The maximum absolute atomic E-state index is 11.1. The van der Waals surface area contributed by atoms with Gasteiger partial charge in [0, 0.05) is 6.04 Å². The Balaban J connectivity index is 2.63. The maximum atomic E-state index is 11.1. The Morgan fingerprint density at radius 1 is 1.36 bits per heavy atom. The fourth-order valence-electron chi connectivity index (χ4n) is 1.95. The molecule has 0 amide bonds. The van der Waals surface area contributed by atoms with Gasteiger partial charge in [0.15, 0.2) is 0 Å². The van der Waals surface area contributed by atoms with Crippen molar-refractivity contribution in [3.8, 4) is 0 Å². The minimum Gasteiger partial charge on any atom is -0.285 e. The van der Waals surface area contributed by atoms with E-state index in [0.29, 0.717) is 6.04 Å². The fourth-order valence-corrected chi connectivity index (χ4v) is 2.69. The van der Waals surface area contributed by atoms with Gasteiger partial charge in [-0.1, -0.05) is 0 Å². The molecule has 1 N–H and O–H groups in total. The first-order valence-corrected chi connectivity index (χ1v) is 7.02. The van der Waals surface area contributed by atoms with Gasteiger partial charge in [-0.15, -0.1) is 0 Å². The normalized spacial score (nSPS) is 25.6. The average molecular weight is 220 g/mol. The van der Waals surface area contributed by atoms with E-state index in [2.05, 4.69) is 23.5 Å². The highest BCUT2D eigenvalue weighted by Crippen LogP contribution is 2.17. The van der Waals surface area contributed by atoms with Gasteiger partial charge in [-0.05, 0) is 39.7 Å². The molecular formula is C9H20N2O2S. The Morgan fingerprint density at radius 3 is 2.50 bits per heavy atom. The average Bonchev–Trinajstić information content (AvgIpc) is 2.01. The third kappa shape index (κ3) is 3.55. The highest BCUT2D eigenvalue weighted by molar-refractivity contribution is 7.88. The van der Waals surface area contributed by atoms with Crippen LogP contribution < -0.4 is 4.72 Å². The van der Waals surface area contributed by atoms with Crippen LogP contribution >= 0.6 is 0 Å². The molecule has 0 aromatic rings. The summed E-state index contributed by atoms with van der Waals surface area (Å²) in [6.07, 6.45) is 4.42. The van der Waals surface area contributed by atoms with Crippen molar-refractivity contribution in [2.24, 2.45) is 0 Å². The Hall–Kier alpha value is -0.130. The smallest absolute Gasteiger partial charge is 0.210 e. The van der Waals surface area contributed by atoms with E-state index in [9.17, 15) is 8.42 Å². The molecule has 14 heavy (non-hydrogen) atoms. The third-order valence-corrected chi connectivity index (χ3v) is 3.26. The molecule has 0 radical (unpaired) electrons. The van der Waals surface area contributed by atoms with E-state index >= 15 is 0 Å². The monoisotopic (exact) mass is 220 g/mol. The molecule has 1 aliphatic rings. The van der Waals surface area contributed by atoms with E-state index in [-0.39, 0.29) is 6.17 Å². The minimum atomic E-state index is -3.08. The lowest BCUT2D eigenvalue weighted by Crippen LogP contribution is -2.52. The van der Waals surface area contributed by atoms with Crippen LogP contribution in [-0.4, -0.2) is 38.3 Å². The molecule has 1 unspecified atom stereocenters. The standard InChI is InChI=1S/C9H20N2O2S/c1-8(2)11-7-5-4-6-9(11)10-14(3,12)13/h8-10H,4-7H2,1-3H3. The third-order valence-electron chi connectivity index (χ3n) is 2.56. The van der Waals surface area contributed by atoms with E-state index < -0.39 is 10.0 Å². The highest BCUT2D eigenvalue weighted by Gasteiger charge is 2.26. The summed E-state index contributed by atoms with van der Waals surface area (Å²) in [4.78, 5) is 2.21. The number of hydrogen-bond acceptors (Lipinski definition) is 3. The second kappa shape index (κ2) is 4.59. The van der Waals surface area contributed by atoms with Gasteiger partial charge in [0.2, 0.25) is 10.0 Å². The van der Waals surface area contributed by atoms with Gasteiger partial charge >= 0.3 is 0 Å². The van der Waals surface area contributed by atoms with Crippen LogP contribution in [0.1, 0.15) is 33.1 Å². The second-order valence-electron chi connectivity index (χ2n) is 4.23.